The molecule has 0 aromatic rings. The third-order valence-corrected chi connectivity index (χ3v) is 5.31. The number of carbonyl (C=O) groups is 1. The molecule has 0 bridgehead atoms. The van der Waals surface area contributed by atoms with Crippen LogP contribution in [-0.2, 0) is 4.79 Å². The van der Waals surface area contributed by atoms with Crippen molar-refractivity contribution in [3.63, 3.8) is 0 Å². The van der Waals surface area contributed by atoms with Gasteiger partial charge in [0.1, 0.15) is 0 Å². The first-order chi connectivity index (χ1) is 10.3. The van der Waals surface area contributed by atoms with Crippen LogP contribution in [0.15, 0.2) is 24.4 Å². The lowest BCUT2D eigenvalue weighted by Gasteiger charge is -2.46. The van der Waals surface area contributed by atoms with E-state index in [2.05, 4.69) is 38.4 Å². The number of hydrogen-bond acceptors (Lipinski definition) is 3. The fraction of sp³-hybridized carbons (Fsp3) is 0.667. The van der Waals surface area contributed by atoms with Gasteiger partial charge in [-0.1, -0.05) is 32.6 Å². The van der Waals surface area contributed by atoms with Crippen LogP contribution >= 0.6 is 0 Å². The highest BCUT2D eigenvalue weighted by atomic mass is 16.1. The lowest BCUT2D eigenvalue weighted by Crippen LogP contribution is -2.54. The molecular formula is C18H27N3O. The minimum absolute atomic E-state index is 0.00628. The summed E-state index contributed by atoms with van der Waals surface area (Å²) >= 11 is 0. The third kappa shape index (κ3) is 3.25. The van der Waals surface area contributed by atoms with Crippen molar-refractivity contribution in [3.8, 4) is 6.07 Å². The van der Waals surface area contributed by atoms with Gasteiger partial charge in [0.25, 0.3) is 0 Å². The van der Waals surface area contributed by atoms with Crippen LogP contribution in [-0.4, -0.2) is 11.4 Å². The molecule has 2 aliphatic rings. The maximum atomic E-state index is 11.7. The summed E-state index contributed by atoms with van der Waals surface area (Å²) < 4.78 is 0. The average Bonchev–Trinajstić information content (AvgIpc) is 2.40. The molecule has 0 aromatic carbocycles. The molecule has 1 saturated carbocycles. The average molecular weight is 301 g/mol. The summed E-state index contributed by atoms with van der Waals surface area (Å²) in [6.07, 6.45) is 3.70. The van der Waals surface area contributed by atoms with Crippen LogP contribution in [0.25, 0.3) is 0 Å². The van der Waals surface area contributed by atoms with E-state index in [9.17, 15) is 10.1 Å². The van der Waals surface area contributed by atoms with Crippen LogP contribution in [0.3, 0.4) is 0 Å². The number of allylic oxidation sites excluding steroid dienone is 1. The van der Waals surface area contributed by atoms with Crippen LogP contribution in [0, 0.1) is 35.0 Å². The molecule has 1 amide bonds. The van der Waals surface area contributed by atoms with E-state index >= 15 is 0 Å². The molecule has 3 N–H and O–H groups in total. The monoisotopic (exact) mass is 301 g/mol. The number of nitrogens with one attached hydrogen (secondary N) is 1. The largest absolute Gasteiger partial charge is 0.330 e. The van der Waals surface area contributed by atoms with E-state index in [1.807, 2.05) is 0 Å². The highest BCUT2D eigenvalue weighted by Crippen LogP contribution is 2.44. The standard InChI is InChI=1S/C18H27N3O/c1-11-5-12(2)14(4)18(20,9-11)16(10-19)7-15-6-13(3)21-17(22)8-15/h11-12,15-16H,3-9,20H2,1-2H3,(H,21,22). The summed E-state index contributed by atoms with van der Waals surface area (Å²) in [5, 5.41) is 12.4. The van der Waals surface area contributed by atoms with Gasteiger partial charge in [-0.3, -0.25) is 4.79 Å². The van der Waals surface area contributed by atoms with Crippen LogP contribution in [0.4, 0.5) is 0 Å². The first-order valence-corrected chi connectivity index (χ1v) is 8.11. The van der Waals surface area contributed by atoms with Crippen LogP contribution in [0.5, 0.6) is 0 Å². The molecule has 22 heavy (non-hydrogen) atoms. The highest BCUT2D eigenvalue weighted by Gasteiger charge is 2.45. The first-order valence-electron chi connectivity index (χ1n) is 8.11. The molecular weight excluding hydrogens is 274 g/mol. The second-order valence-electron chi connectivity index (χ2n) is 7.36. The zero-order chi connectivity index (χ0) is 16.5. The molecule has 0 radical (unpaired) electrons. The Morgan fingerprint density at radius 2 is 2.14 bits per heavy atom. The third-order valence-electron chi connectivity index (χ3n) is 5.31. The number of hydrogen-bond donors (Lipinski definition) is 2. The van der Waals surface area contributed by atoms with E-state index in [1.54, 1.807) is 0 Å². The van der Waals surface area contributed by atoms with Crippen molar-refractivity contribution >= 4 is 5.91 Å². The Hall–Kier alpha value is -1.60. The molecule has 1 heterocycles. The number of amides is 1. The molecule has 0 spiro atoms. The van der Waals surface area contributed by atoms with E-state index < -0.39 is 5.54 Å². The van der Waals surface area contributed by atoms with Crippen molar-refractivity contribution in [2.24, 2.45) is 29.4 Å². The van der Waals surface area contributed by atoms with Gasteiger partial charge in [-0.15, -0.1) is 0 Å². The number of piperidine rings is 1. The Balaban J connectivity index is 2.16. The summed E-state index contributed by atoms with van der Waals surface area (Å²) in [5.41, 5.74) is 7.78. The topological polar surface area (TPSA) is 78.9 Å². The molecule has 5 unspecified atom stereocenters. The quantitative estimate of drug-likeness (QED) is 0.787. The van der Waals surface area contributed by atoms with Crippen LogP contribution in [0.1, 0.15) is 46.0 Å². The number of nitrogens with two attached hydrogens (primary N) is 1. The molecule has 2 fully saturated rings. The maximum absolute atomic E-state index is 11.7. The summed E-state index contributed by atoms with van der Waals surface area (Å²) in [6, 6.07) is 2.41. The van der Waals surface area contributed by atoms with Crippen LogP contribution in [0.2, 0.25) is 0 Å². The second-order valence-corrected chi connectivity index (χ2v) is 7.36. The molecule has 120 valence electrons. The Morgan fingerprint density at radius 1 is 1.45 bits per heavy atom. The lowest BCUT2D eigenvalue weighted by molar-refractivity contribution is -0.122. The zero-order valence-corrected chi connectivity index (χ0v) is 13.7. The minimum Gasteiger partial charge on any atom is -0.330 e. The Morgan fingerprint density at radius 3 is 2.73 bits per heavy atom. The van der Waals surface area contributed by atoms with Gasteiger partial charge in [0.05, 0.1) is 17.5 Å². The molecule has 2 rings (SSSR count). The van der Waals surface area contributed by atoms with Gasteiger partial charge < -0.3 is 11.1 Å². The molecule has 4 nitrogen and oxygen atoms in total. The van der Waals surface area contributed by atoms with E-state index in [-0.39, 0.29) is 17.7 Å². The van der Waals surface area contributed by atoms with E-state index in [4.69, 9.17) is 5.73 Å². The van der Waals surface area contributed by atoms with Gasteiger partial charge in [0.15, 0.2) is 0 Å². The van der Waals surface area contributed by atoms with Gasteiger partial charge in [0, 0.05) is 12.1 Å². The summed E-state index contributed by atoms with van der Waals surface area (Å²) in [4.78, 5) is 11.7. The summed E-state index contributed by atoms with van der Waals surface area (Å²) in [7, 11) is 0. The van der Waals surface area contributed by atoms with Crippen molar-refractivity contribution in [3.05, 3.63) is 24.4 Å². The number of rotatable bonds is 3. The van der Waals surface area contributed by atoms with Crippen molar-refractivity contribution < 1.29 is 4.79 Å². The Kier molecular flexibility index (Phi) is 4.77. The minimum atomic E-state index is -0.638. The van der Waals surface area contributed by atoms with Gasteiger partial charge in [0.2, 0.25) is 5.91 Å². The maximum Gasteiger partial charge on any atom is 0.224 e. The fourth-order valence-electron chi connectivity index (χ4n) is 4.22. The predicted octanol–water partition coefficient (Wildman–Crippen LogP) is 2.88. The first kappa shape index (κ1) is 16.8. The van der Waals surface area contributed by atoms with Crippen molar-refractivity contribution in [1.82, 2.24) is 5.32 Å². The Labute approximate surface area is 133 Å². The molecule has 5 atom stereocenters. The second kappa shape index (κ2) is 6.26. The van der Waals surface area contributed by atoms with Gasteiger partial charge >= 0.3 is 0 Å². The van der Waals surface area contributed by atoms with Gasteiger partial charge in [-0.25, -0.2) is 0 Å². The van der Waals surface area contributed by atoms with Gasteiger partial charge in [-0.2, -0.15) is 5.26 Å². The summed E-state index contributed by atoms with van der Waals surface area (Å²) in [5.74, 6) is 0.675. The van der Waals surface area contributed by atoms with E-state index in [0.29, 0.717) is 24.7 Å². The number of carbonyl (C=O) groups excluding carboxylic acids is 1. The normalized spacial score (nSPS) is 37.4. The molecule has 1 saturated heterocycles. The Bertz CT molecular complexity index is 517. The smallest absolute Gasteiger partial charge is 0.224 e. The molecule has 4 heteroatoms. The zero-order valence-electron chi connectivity index (χ0n) is 13.7. The number of nitriles is 1. The summed E-state index contributed by atoms with van der Waals surface area (Å²) in [6.45, 7) is 12.4. The molecule has 0 aromatic heterocycles. The van der Waals surface area contributed by atoms with Crippen LogP contribution < -0.4 is 11.1 Å². The van der Waals surface area contributed by atoms with Crippen molar-refractivity contribution in [2.45, 2.75) is 51.5 Å². The SMILES string of the molecule is C=C1CC(CC(C#N)C2(N)CC(C)CC(C)C2=C)CC(=O)N1. The fourth-order valence-corrected chi connectivity index (χ4v) is 4.22. The highest BCUT2D eigenvalue weighted by molar-refractivity contribution is 5.79. The lowest BCUT2D eigenvalue weighted by atomic mass is 9.62. The molecule has 1 aliphatic carbocycles. The van der Waals surface area contributed by atoms with E-state index in [0.717, 1.165) is 30.5 Å². The van der Waals surface area contributed by atoms with Crippen molar-refractivity contribution in [2.75, 3.05) is 0 Å². The van der Waals surface area contributed by atoms with Crippen molar-refractivity contribution in [1.29, 1.82) is 5.26 Å². The predicted molar refractivity (Wildman–Crippen MR) is 87.3 cm³/mol. The number of nitrogens with zero attached hydrogens (tertiary/aromatic N) is 1. The molecule has 1 aliphatic heterocycles. The van der Waals surface area contributed by atoms with Gasteiger partial charge in [-0.05, 0) is 43.4 Å². The van der Waals surface area contributed by atoms with E-state index in [1.165, 1.54) is 0 Å².